The number of esters is 1. The normalized spacial score (nSPS) is 15.8. The molecule has 0 N–H and O–H groups in total. The van der Waals surface area contributed by atoms with Gasteiger partial charge in [0.15, 0.2) is 0 Å². The number of thiazole rings is 1. The van der Waals surface area contributed by atoms with Gasteiger partial charge >= 0.3 is 5.97 Å². The number of carbonyl (C=O) groups excluding carboxylic acids is 1. The molecule has 1 aromatic carbocycles. The predicted octanol–water partition coefficient (Wildman–Crippen LogP) is 3.81. The molecule has 1 saturated heterocycles. The van der Waals surface area contributed by atoms with Crippen molar-refractivity contribution in [1.82, 2.24) is 19.1 Å². The molecule has 0 saturated carbocycles. The first-order valence-corrected chi connectivity index (χ1v) is 13.3. The van der Waals surface area contributed by atoms with Gasteiger partial charge in [-0.05, 0) is 36.5 Å². The third-order valence-electron chi connectivity index (χ3n) is 5.84. The number of piperidine rings is 1. The molecule has 176 valence electrons. The van der Waals surface area contributed by atoms with Crippen LogP contribution in [0.1, 0.15) is 43.9 Å². The summed E-state index contributed by atoms with van der Waals surface area (Å²) in [6.45, 7) is 4.85. The minimum absolute atomic E-state index is 0.107. The van der Waals surface area contributed by atoms with Crippen LogP contribution in [-0.2, 0) is 33.2 Å². The molecule has 0 bridgehead atoms. The van der Waals surface area contributed by atoms with Crippen LogP contribution in [0.25, 0.3) is 10.6 Å². The van der Waals surface area contributed by atoms with Gasteiger partial charge < -0.3 is 4.74 Å². The fourth-order valence-corrected chi connectivity index (χ4v) is 6.06. The minimum Gasteiger partial charge on any atom is -0.459 e. The Labute approximate surface area is 198 Å². The summed E-state index contributed by atoms with van der Waals surface area (Å²) in [7, 11) is -1.72. The molecule has 4 rings (SSSR count). The smallest absolute Gasteiger partial charge is 0.309 e. The molecule has 1 aliphatic heterocycles. The van der Waals surface area contributed by atoms with Crippen molar-refractivity contribution in [2.75, 3.05) is 13.1 Å². The lowest BCUT2D eigenvalue weighted by atomic mass is 9.98. The molecular weight excluding hydrogens is 460 g/mol. The second-order valence-corrected chi connectivity index (χ2v) is 11.4. The molecule has 0 atom stereocenters. The number of benzene rings is 1. The summed E-state index contributed by atoms with van der Waals surface area (Å²) < 4.78 is 34.6. The lowest BCUT2D eigenvalue weighted by molar-refractivity contribution is -0.151. The summed E-state index contributed by atoms with van der Waals surface area (Å²) in [5.74, 6) is -0.268. The van der Waals surface area contributed by atoms with Crippen LogP contribution in [0.5, 0.6) is 0 Å². The Balaban J connectivity index is 1.29. The molecule has 3 heterocycles. The second kappa shape index (κ2) is 9.74. The standard InChI is InChI=1S/C23H28N4O4S2/c1-16(2)17-4-6-21(7-5-17)33(29,30)27-10-8-18(9-11-27)23(28)31-14-20-15-32-22(25-20)19-12-24-26(3)13-19/h4-7,12-13,15-16,18H,8-11,14H2,1-3H3. The summed E-state index contributed by atoms with van der Waals surface area (Å²) in [6.07, 6.45) is 4.52. The number of ether oxygens (including phenoxy) is 1. The molecule has 3 aromatic rings. The van der Waals surface area contributed by atoms with Crippen LogP contribution in [0.3, 0.4) is 0 Å². The van der Waals surface area contributed by atoms with E-state index in [9.17, 15) is 13.2 Å². The summed E-state index contributed by atoms with van der Waals surface area (Å²) in [5.41, 5.74) is 2.72. The highest BCUT2D eigenvalue weighted by molar-refractivity contribution is 7.89. The molecule has 33 heavy (non-hydrogen) atoms. The van der Waals surface area contributed by atoms with E-state index >= 15 is 0 Å². The molecule has 8 nitrogen and oxygen atoms in total. The summed E-state index contributed by atoms with van der Waals surface area (Å²) >= 11 is 1.48. The highest BCUT2D eigenvalue weighted by atomic mass is 32.2. The monoisotopic (exact) mass is 488 g/mol. The summed E-state index contributed by atoms with van der Waals surface area (Å²) in [6, 6.07) is 7.05. The number of carbonyl (C=O) groups is 1. The average Bonchev–Trinajstić information content (AvgIpc) is 3.46. The van der Waals surface area contributed by atoms with Gasteiger partial charge in [0.25, 0.3) is 0 Å². The number of aromatic nitrogens is 3. The number of aryl methyl sites for hydroxylation is 1. The zero-order valence-corrected chi connectivity index (χ0v) is 20.6. The van der Waals surface area contributed by atoms with Gasteiger partial charge in [0, 0.05) is 37.3 Å². The molecule has 0 spiro atoms. The van der Waals surface area contributed by atoms with Crippen LogP contribution >= 0.6 is 11.3 Å². The van der Waals surface area contributed by atoms with E-state index in [1.54, 1.807) is 23.0 Å². The third kappa shape index (κ3) is 5.34. The Kier molecular flexibility index (Phi) is 6.96. The Morgan fingerprint density at radius 1 is 1.21 bits per heavy atom. The number of hydrogen-bond donors (Lipinski definition) is 0. The van der Waals surface area contributed by atoms with Crippen LogP contribution in [0.2, 0.25) is 0 Å². The molecule has 1 fully saturated rings. The Hall–Kier alpha value is -2.56. The molecule has 10 heteroatoms. The van der Waals surface area contributed by atoms with E-state index in [1.165, 1.54) is 15.6 Å². The van der Waals surface area contributed by atoms with E-state index in [4.69, 9.17) is 4.74 Å². The van der Waals surface area contributed by atoms with Gasteiger partial charge in [-0.1, -0.05) is 26.0 Å². The van der Waals surface area contributed by atoms with Gasteiger partial charge in [-0.15, -0.1) is 11.3 Å². The van der Waals surface area contributed by atoms with Gasteiger partial charge in [0.05, 0.1) is 22.7 Å². The number of hydrogen-bond acceptors (Lipinski definition) is 7. The first-order valence-electron chi connectivity index (χ1n) is 10.9. The van der Waals surface area contributed by atoms with Crippen LogP contribution < -0.4 is 0 Å². The minimum atomic E-state index is -3.57. The maximum absolute atomic E-state index is 13.0. The molecule has 0 unspecified atom stereocenters. The molecule has 0 aliphatic carbocycles. The van der Waals surface area contributed by atoms with Gasteiger partial charge in [0.2, 0.25) is 10.0 Å². The van der Waals surface area contributed by atoms with Gasteiger partial charge in [0.1, 0.15) is 11.6 Å². The zero-order valence-electron chi connectivity index (χ0n) is 19.0. The highest BCUT2D eigenvalue weighted by Crippen LogP contribution is 2.27. The van der Waals surface area contributed by atoms with E-state index in [0.717, 1.165) is 16.1 Å². The Morgan fingerprint density at radius 3 is 2.52 bits per heavy atom. The molecule has 0 radical (unpaired) electrons. The second-order valence-electron chi connectivity index (χ2n) is 8.56. The lowest BCUT2D eigenvalue weighted by Crippen LogP contribution is -2.40. The van der Waals surface area contributed by atoms with Crippen LogP contribution in [0, 0.1) is 5.92 Å². The SMILES string of the molecule is CC(C)c1ccc(S(=O)(=O)N2CCC(C(=O)OCc3csc(-c4cnn(C)c4)n3)CC2)cc1. The van der Waals surface area contributed by atoms with E-state index in [2.05, 4.69) is 23.9 Å². The topological polar surface area (TPSA) is 94.4 Å². The van der Waals surface area contributed by atoms with Crippen molar-refractivity contribution in [2.24, 2.45) is 13.0 Å². The average molecular weight is 489 g/mol. The van der Waals surface area contributed by atoms with E-state index < -0.39 is 10.0 Å². The van der Waals surface area contributed by atoms with E-state index in [0.29, 0.717) is 42.4 Å². The Bertz CT molecular complexity index is 1210. The largest absolute Gasteiger partial charge is 0.459 e. The number of nitrogens with zero attached hydrogens (tertiary/aromatic N) is 4. The van der Waals surface area contributed by atoms with E-state index in [-0.39, 0.29) is 18.5 Å². The first kappa shape index (κ1) is 23.6. The van der Waals surface area contributed by atoms with Gasteiger partial charge in [-0.25, -0.2) is 13.4 Å². The number of sulfonamides is 1. The zero-order chi connectivity index (χ0) is 23.6. The van der Waals surface area contributed by atoms with Crippen LogP contribution in [-0.4, -0.2) is 46.5 Å². The van der Waals surface area contributed by atoms with E-state index in [1.807, 2.05) is 30.8 Å². The van der Waals surface area contributed by atoms with Crippen molar-refractivity contribution < 1.29 is 17.9 Å². The molecule has 1 aliphatic rings. The predicted molar refractivity (Wildman–Crippen MR) is 126 cm³/mol. The van der Waals surface area contributed by atoms with Crippen molar-refractivity contribution in [1.29, 1.82) is 0 Å². The maximum Gasteiger partial charge on any atom is 0.309 e. The molecule has 0 amide bonds. The fraction of sp³-hybridized carbons (Fsp3) is 0.435. The van der Waals surface area contributed by atoms with Crippen molar-refractivity contribution >= 4 is 27.3 Å². The van der Waals surface area contributed by atoms with Gasteiger partial charge in [-0.3, -0.25) is 9.48 Å². The van der Waals surface area contributed by atoms with Crippen LogP contribution in [0.15, 0.2) is 46.9 Å². The Morgan fingerprint density at radius 2 is 1.91 bits per heavy atom. The third-order valence-corrected chi connectivity index (χ3v) is 8.69. The molecular formula is C23H28N4O4S2. The van der Waals surface area contributed by atoms with Gasteiger partial charge in [-0.2, -0.15) is 9.40 Å². The van der Waals surface area contributed by atoms with Crippen LogP contribution in [0.4, 0.5) is 0 Å². The van der Waals surface area contributed by atoms with Crippen molar-refractivity contribution in [3.63, 3.8) is 0 Å². The highest BCUT2D eigenvalue weighted by Gasteiger charge is 2.33. The quantitative estimate of drug-likeness (QED) is 0.470. The number of rotatable bonds is 7. The fourth-order valence-electron chi connectivity index (χ4n) is 3.81. The summed E-state index contributed by atoms with van der Waals surface area (Å²) in [5, 5.41) is 6.84. The summed E-state index contributed by atoms with van der Waals surface area (Å²) in [4.78, 5) is 17.3. The van der Waals surface area contributed by atoms with Crippen molar-refractivity contribution in [3.8, 4) is 10.6 Å². The van der Waals surface area contributed by atoms with Crippen molar-refractivity contribution in [3.05, 3.63) is 53.3 Å². The molecule has 2 aromatic heterocycles. The maximum atomic E-state index is 13.0. The van der Waals surface area contributed by atoms with Crippen molar-refractivity contribution in [2.45, 2.75) is 44.1 Å². The lowest BCUT2D eigenvalue weighted by Gasteiger charge is -2.30. The first-order chi connectivity index (χ1) is 15.7.